The van der Waals surface area contributed by atoms with Gasteiger partial charge in [0.15, 0.2) is 0 Å². The van der Waals surface area contributed by atoms with Crippen molar-refractivity contribution in [1.29, 1.82) is 0 Å². The Kier molecular flexibility index (Phi) is 4.24. The minimum Gasteiger partial charge on any atom is -0.488 e. The number of ether oxygens (including phenoxy) is 1. The van der Waals surface area contributed by atoms with E-state index in [-0.39, 0.29) is 5.91 Å². The van der Waals surface area contributed by atoms with Crippen molar-refractivity contribution in [2.75, 3.05) is 13.6 Å². The molecule has 4 nitrogen and oxygen atoms in total. The topological polar surface area (TPSA) is 42.4 Å². The van der Waals surface area contributed by atoms with Gasteiger partial charge in [0.2, 0.25) is 0 Å². The lowest BCUT2D eigenvalue weighted by Crippen LogP contribution is -2.28. The number of fused-ring (bicyclic) bond motifs is 3. The van der Waals surface area contributed by atoms with Crippen molar-refractivity contribution in [1.82, 2.24) is 9.88 Å². The first-order valence-corrected chi connectivity index (χ1v) is 9.04. The van der Waals surface area contributed by atoms with Gasteiger partial charge >= 0.3 is 0 Å². The van der Waals surface area contributed by atoms with Gasteiger partial charge in [-0.1, -0.05) is 18.2 Å². The summed E-state index contributed by atoms with van der Waals surface area (Å²) in [6, 6.07) is 15.8. The molecule has 0 aliphatic carbocycles. The molecule has 1 aromatic carbocycles. The van der Waals surface area contributed by atoms with Gasteiger partial charge in [0.05, 0.1) is 4.88 Å². The smallest absolute Gasteiger partial charge is 0.263 e. The molecule has 0 bridgehead atoms. The lowest BCUT2D eigenvalue weighted by Gasteiger charge is -2.16. The van der Waals surface area contributed by atoms with Crippen LogP contribution in [0.25, 0.3) is 10.4 Å². The quantitative estimate of drug-likeness (QED) is 0.714. The Balaban J connectivity index is 1.51. The zero-order valence-electron chi connectivity index (χ0n) is 13.9. The molecule has 0 spiro atoms. The first kappa shape index (κ1) is 15.8. The molecule has 3 heterocycles. The molecule has 0 unspecified atom stereocenters. The maximum Gasteiger partial charge on any atom is 0.263 e. The minimum absolute atomic E-state index is 0.0489. The molecular formula is C20H18N2O2S. The number of amides is 1. The van der Waals surface area contributed by atoms with Crippen LogP contribution in [0.1, 0.15) is 20.9 Å². The molecule has 0 saturated heterocycles. The molecule has 1 amide bonds. The van der Waals surface area contributed by atoms with E-state index in [1.54, 1.807) is 22.4 Å². The normalized spacial score (nSPS) is 12.0. The van der Waals surface area contributed by atoms with E-state index in [4.69, 9.17) is 4.74 Å². The van der Waals surface area contributed by atoms with Crippen LogP contribution in [0, 0.1) is 0 Å². The maximum atomic E-state index is 12.8. The molecular weight excluding hydrogens is 332 g/mol. The fourth-order valence-corrected chi connectivity index (χ4v) is 4.11. The summed E-state index contributed by atoms with van der Waals surface area (Å²) >= 11 is 1.55. The van der Waals surface area contributed by atoms with Gasteiger partial charge in [-0.15, -0.1) is 11.3 Å². The standard InChI is InChI=1S/C20H18N2O2S/c1-22(11-9-15-6-4-5-10-21-15)20(23)18-12-14-13-24-17-8-3-2-7-16(17)19(14)25-18/h2-8,10,12H,9,11,13H2,1H3. The van der Waals surface area contributed by atoms with Crippen LogP contribution in [0.5, 0.6) is 5.75 Å². The van der Waals surface area contributed by atoms with Gasteiger partial charge in [-0.05, 0) is 30.3 Å². The van der Waals surface area contributed by atoms with E-state index in [9.17, 15) is 4.79 Å². The van der Waals surface area contributed by atoms with Gasteiger partial charge in [-0.2, -0.15) is 0 Å². The van der Waals surface area contributed by atoms with Crippen LogP contribution in [0.4, 0.5) is 0 Å². The highest BCUT2D eigenvalue weighted by molar-refractivity contribution is 7.17. The predicted molar refractivity (Wildman–Crippen MR) is 99.0 cm³/mol. The summed E-state index contributed by atoms with van der Waals surface area (Å²) < 4.78 is 5.78. The lowest BCUT2D eigenvalue weighted by atomic mass is 10.1. The highest BCUT2D eigenvalue weighted by Gasteiger charge is 2.23. The average molecular weight is 350 g/mol. The zero-order chi connectivity index (χ0) is 17.2. The highest BCUT2D eigenvalue weighted by atomic mass is 32.1. The number of likely N-dealkylation sites (N-methyl/N-ethyl adjacent to an activating group) is 1. The number of benzene rings is 1. The summed E-state index contributed by atoms with van der Waals surface area (Å²) in [5.41, 5.74) is 3.16. The zero-order valence-corrected chi connectivity index (χ0v) is 14.8. The maximum absolute atomic E-state index is 12.8. The molecule has 0 atom stereocenters. The van der Waals surface area contributed by atoms with Gasteiger partial charge in [0, 0.05) is 47.9 Å². The van der Waals surface area contributed by atoms with Crippen molar-refractivity contribution >= 4 is 17.2 Å². The largest absolute Gasteiger partial charge is 0.488 e. The average Bonchev–Trinajstić information content (AvgIpc) is 3.11. The molecule has 3 aromatic rings. The molecule has 126 valence electrons. The van der Waals surface area contributed by atoms with Gasteiger partial charge in [-0.3, -0.25) is 9.78 Å². The first-order chi connectivity index (χ1) is 12.2. The van der Waals surface area contributed by atoms with E-state index in [0.29, 0.717) is 13.2 Å². The third-order valence-corrected chi connectivity index (χ3v) is 5.51. The van der Waals surface area contributed by atoms with Crippen molar-refractivity contribution in [3.05, 3.63) is 70.9 Å². The van der Waals surface area contributed by atoms with E-state index >= 15 is 0 Å². The molecule has 0 N–H and O–H groups in total. The predicted octanol–water partition coefficient (Wildman–Crippen LogP) is 4.02. The monoisotopic (exact) mass is 350 g/mol. The molecule has 0 fully saturated rings. The molecule has 0 saturated carbocycles. The van der Waals surface area contributed by atoms with Gasteiger partial charge in [-0.25, -0.2) is 0 Å². The van der Waals surface area contributed by atoms with E-state index in [0.717, 1.165) is 38.7 Å². The van der Waals surface area contributed by atoms with Crippen molar-refractivity contribution in [3.63, 3.8) is 0 Å². The fourth-order valence-electron chi connectivity index (χ4n) is 2.92. The van der Waals surface area contributed by atoms with Crippen molar-refractivity contribution in [2.24, 2.45) is 0 Å². The molecule has 4 rings (SSSR count). The van der Waals surface area contributed by atoms with Crippen molar-refractivity contribution in [2.45, 2.75) is 13.0 Å². The van der Waals surface area contributed by atoms with Gasteiger partial charge in [0.25, 0.3) is 5.91 Å². The van der Waals surface area contributed by atoms with E-state index in [2.05, 4.69) is 4.98 Å². The Labute approximate surface area is 150 Å². The second-order valence-electron chi connectivity index (χ2n) is 6.05. The summed E-state index contributed by atoms with van der Waals surface area (Å²) in [5.74, 6) is 0.937. The summed E-state index contributed by atoms with van der Waals surface area (Å²) in [6.07, 6.45) is 2.53. The molecule has 1 aliphatic heterocycles. The van der Waals surface area contributed by atoms with Gasteiger partial charge < -0.3 is 9.64 Å². The number of carbonyl (C=O) groups excluding carboxylic acids is 1. The number of thiophene rings is 1. The Hall–Kier alpha value is -2.66. The SMILES string of the molecule is CN(CCc1ccccn1)C(=O)c1cc2c(s1)-c1ccccc1OC2. The lowest BCUT2D eigenvalue weighted by molar-refractivity contribution is 0.0801. The molecule has 25 heavy (non-hydrogen) atoms. The first-order valence-electron chi connectivity index (χ1n) is 8.22. The number of aromatic nitrogens is 1. The minimum atomic E-state index is 0.0489. The number of rotatable bonds is 4. The Morgan fingerprint density at radius 1 is 1.24 bits per heavy atom. The number of nitrogens with zero attached hydrogens (tertiary/aromatic N) is 2. The van der Waals surface area contributed by atoms with Crippen LogP contribution in [-0.2, 0) is 13.0 Å². The Morgan fingerprint density at radius 3 is 2.92 bits per heavy atom. The van der Waals surface area contributed by atoms with E-state index in [1.165, 1.54) is 0 Å². The molecule has 5 heteroatoms. The van der Waals surface area contributed by atoms with Crippen LogP contribution < -0.4 is 4.74 Å². The summed E-state index contributed by atoms with van der Waals surface area (Å²) in [7, 11) is 1.84. The second kappa shape index (κ2) is 6.69. The van der Waals surface area contributed by atoms with Gasteiger partial charge in [0.1, 0.15) is 12.4 Å². The third-order valence-electron chi connectivity index (χ3n) is 4.31. The summed E-state index contributed by atoms with van der Waals surface area (Å²) in [4.78, 5) is 20.7. The molecule has 2 aromatic heterocycles. The van der Waals surface area contributed by atoms with Crippen LogP contribution >= 0.6 is 11.3 Å². The Morgan fingerprint density at radius 2 is 2.08 bits per heavy atom. The fraction of sp³-hybridized carbons (Fsp3) is 0.200. The Bertz CT molecular complexity index is 905. The van der Waals surface area contributed by atoms with Crippen molar-refractivity contribution < 1.29 is 9.53 Å². The van der Waals surface area contributed by atoms with Crippen LogP contribution in [0.3, 0.4) is 0 Å². The molecule has 1 aliphatic rings. The number of hydrogen-bond acceptors (Lipinski definition) is 4. The van der Waals surface area contributed by atoms with E-state index < -0.39 is 0 Å². The second-order valence-corrected chi connectivity index (χ2v) is 7.10. The number of hydrogen-bond donors (Lipinski definition) is 0. The number of carbonyl (C=O) groups is 1. The summed E-state index contributed by atoms with van der Waals surface area (Å²) in [5, 5.41) is 0. The third kappa shape index (κ3) is 3.15. The number of pyridine rings is 1. The van der Waals surface area contributed by atoms with Crippen LogP contribution in [-0.4, -0.2) is 29.4 Å². The highest BCUT2D eigenvalue weighted by Crippen LogP contribution is 2.42. The summed E-state index contributed by atoms with van der Waals surface area (Å²) in [6.45, 7) is 1.17. The van der Waals surface area contributed by atoms with Crippen molar-refractivity contribution in [3.8, 4) is 16.2 Å². The molecule has 0 radical (unpaired) electrons. The van der Waals surface area contributed by atoms with Crippen LogP contribution in [0.15, 0.2) is 54.7 Å². The van der Waals surface area contributed by atoms with E-state index in [1.807, 2.05) is 55.6 Å². The number of para-hydroxylation sites is 1. The van der Waals surface area contributed by atoms with Crippen LogP contribution in [0.2, 0.25) is 0 Å².